The first kappa shape index (κ1) is 20.9. The van der Waals surface area contributed by atoms with Crippen molar-refractivity contribution in [2.75, 3.05) is 7.11 Å². The quantitative estimate of drug-likeness (QED) is 0.388. The van der Waals surface area contributed by atoms with Crippen LogP contribution in [0.25, 0.3) is 0 Å². The Morgan fingerprint density at radius 2 is 1.52 bits per heavy atom. The number of methoxy groups -OCH3 is 1. The molecule has 0 saturated carbocycles. The van der Waals surface area contributed by atoms with Crippen LogP contribution in [-0.2, 0) is 15.6 Å². The van der Waals surface area contributed by atoms with E-state index in [9.17, 15) is 9.18 Å². The van der Waals surface area contributed by atoms with Gasteiger partial charge in [0.05, 0.1) is 23.6 Å². The minimum Gasteiger partial charge on any atom is -0.485 e. The third kappa shape index (κ3) is 5.18. The second-order valence-electron chi connectivity index (χ2n) is 7.45. The lowest BCUT2D eigenvalue weighted by Gasteiger charge is -2.21. The minimum atomic E-state index is -0.588. The molecule has 5 heteroatoms. The zero-order valence-corrected chi connectivity index (χ0v) is 17.8. The Kier molecular flexibility index (Phi) is 6.28. The van der Waals surface area contributed by atoms with Crippen molar-refractivity contribution in [1.29, 1.82) is 0 Å². The van der Waals surface area contributed by atoms with Gasteiger partial charge >= 0.3 is 5.97 Å². The molecule has 1 unspecified atom stereocenters. The molecule has 1 atom stereocenters. The van der Waals surface area contributed by atoms with Gasteiger partial charge in [-0.25, -0.2) is 9.18 Å². The average molecular weight is 412 g/mol. The van der Waals surface area contributed by atoms with Crippen LogP contribution < -0.4 is 4.74 Å². The van der Waals surface area contributed by atoms with Crippen molar-refractivity contribution in [1.82, 2.24) is 0 Å². The van der Waals surface area contributed by atoms with E-state index >= 15 is 0 Å². The molecule has 29 heavy (non-hydrogen) atoms. The Bertz CT molecular complexity index is 997. The van der Waals surface area contributed by atoms with E-state index in [1.807, 2.05) is 69.3 Å². The van der Waals surface area contributed by atoms with Gasteiger partial charge in [-0.15, -0.1) is 0 Å². The van der Waals surface area contributed by atoms with Gasteiger partial charge in [-0.3, -0.25) is 0 Å². The summed E-state index contributed by atoms with van der Waals surface area (Å²) in [5.74, 6) is -0.584. The molecule has 0 fully saturated rings. The molecule has 0 aliphatic rings. The Morgan fingerprint density at radius 3 is 2.14 bits per heavy atom. The first-order chi connectivity index (χ1) is 13.8. The predicted molar refractivity (Wildman–Crippen MR) is 113 cm³/mol. The van der Waals surface area contributed by atoms with Crippen LogP contribution in [0, 0.1) is 5.82 Å². The van der Waals surface area contributed by atoms with E-state index in [-0.39, 0.29) is 5.75 Å². The first-order valence-corrected chi connectivity index (χ1v) is 10.5. The van der Waals surface area contributed by atoms with Crippen LogP contribution in [0.2, 0.25) is 0 Å². The van der Waals surface area contributed by atoms with Crippen molar-refractivity contribution >= 4 is 16.9 Å². The van der Waals surface area contributed by atoms with Gasteiger partial charge < -0.3 is 9.47 Å². The fourth-order valence-corrected chi connectivity index (χ4v) is 4.98. The van der Waals surface area contributed by atoms with E-state index in [1.165, 1.54) is 13.2 Å². The highest BCUT2D eigenvalue weighted by Gasteiger charge is 2.31. The fraction of sp³-hybridized carbons (Fsp3) is 0.208. The molecule has 3 rings (SSSR count). The van der Waals surface area contributed by atoms with Crippen molar-refractivity contribution in [2.45, 2.75) is 41.1 Å². The van der Waals surface area contributed by atoms with E-state index in [2.05, 4.69) is 0 Å². The van der Waals surface area contributed by atoms with Crippen molar-refractivity contribution in [3.05, 3.63) is 84.2 Å². The predicted octanol–water partition coefficient (Wildman–Crippen LogP) is 5.89. The minimum absolute atomic E-state index is 0.223. The van der Waals surface area contributed by atoms with Gasteiger partial charge in [-0.2, -0.15) is 0 Å². The molecule has 0 aliphatic carbocycles. The molecular formula is C24H24FO3S+. The second-order valence-corrected chi connectivity index (χ2v) is 9.47. The molecule has 0 aliphatic heterocycles. The summed E-state index contributed by atoms with van der Waals surface area (Å²) < 4.78 is 25.4. The van der Waals surface area contributed by atoms with Gasteiger partial charge in [0.2, 0.25) is 0 Å². The van der Waals surface area contributed by atoms with Gasteiger partial charge in [0, 0.05) is 12.1 Å². The summed E-state index contributed by atoms with van der Waals surface area (Å²) >= 11 is 0. The molecule has 3 nitrogen and oxygen atoms in total. The standard InChI is InChI=1S/C24H24FO3S/c1-24(2,3)28-22-14-13-20(16-21(22)25)29(18-10-6-5-7-11-18)19-12-8-9-17(15-19)23(26)27-4/h5-16H,1-4H3/q+1. The Balaban J connectivity index is 2.09. The molecule has 0 bridgehead atoms. The van der Waals surface area contributed by atoms with Crippen LogP contribution in [0.3, 0.4) is 0 Å². The summed E-state index contributed by atoms with van der Waals surface area (Å²) in [6.07, 6.45) is 0. The number of carbonyl (C=O) groups excluding carboxylic acids is 1. The number of carbonyl (C=O) groups is 1. The van der Waals surface area contributed by atoms with Gasteiger partial charge in [-0.05, 0) is 57.2 Å². The van der Waals surface area contributed by atoms with Crippen LogP contribution in [0.5, 0.6) is 5.75 Å². The van der Waals surface area contributed by atoms with E-state index < -0.39 is 28.3 Å². The van der Waals surface area contributed by atoms with Crippen molar-refractivity contribution < 1.29 is 18.7 Å². The zero-order chi connectivity index (χ0) is 21.0. The normalized spacial score (nSPS) is 12.3. The molecule has 0 saturated heterocycles. The molecule has 3 aromatic rings. The number of benzene rings is 3. The highest BCUT2D eigenvalue weighted by atomic mass is 32.2. The van der Waals surface area contributed by atoms with E-state index in [0.717, 1.165) is 14.7 Å². The number of esters is 1. The summed E-state index contributed by atoms with van der Waals surface area (Å²) in [5.41, 5.74) is -0.0233. The van der Waals surface area contributed by atoms with Crippen molar-refractivity contribution in [2.24, 2.45) is 0 Å². The fourth-order valence-electron chi connectivity index (χ4n) is 2.85. The molecule has 0 N–H and O–H groups in total. The molecule has 0 spiro atoms. The average Bonchev–Trinajstić information content (AvgIpc) is 2.70. The molecular weight excluding hydrogens is 387 g/mol. The summed E-state index contributed by atoms with van der Waals surface area (Å²) in [6, 6.07) is 22.2. The van der Waals surface area contributed by atoms with Crippen molar-refractivity contribution in [3.8, 4) is 5.75 Å². The SMILES string of the molecule is COC(=O)c1cccc([S+](c2ccccc2)c2ccc(OC(C)(C)C)c(F)c2)c1. The molecule has 150 valence electrons. The molecule has 0 heterocycles. The second kappa shape index (κ2) is 8.70. The van der Waals surface area contributed by atoms with Crippen LogP contribution >= 0.6 is 0 Å². The lowest BCUT2D eigenvalue weighted by molar-refractivity contribution is 0.0600. The first-order valence-electron chi connectivity index (χ1n) is 9.25. The van der Waals surface area contributed by atoms with Gasteiger partial charge in [0.1, 0.15) is 5.60 Å². The molecule has 3 aromatic carbocycles. The zero-order valence-electron chi connectivity index (χ0n) is 16.9. The molecule has 0 radical (unpaired) electrons. The number of hydrogen-bond acceptors (Lipinski definition) is 3. The Morgan fingerprint density at radius 1 is 0.862 bits per heavy atom. The lowest BCUT2D eigenvalue weighted by Crippen LogP contribution is -2.23. The third-order valence-corrected chi connectivity index (χ3v) is 6.22. The maximum absolute atomic E-state index is 14.8. The third-order valence-electron chi connectivity index (χ3n) is 4.02. The number of ether oxygens (including phenoxy) is 2. The lowest BCUT2D eigenvalue weighted by atomic mass is 10.2. The van der Waals surface area contributed by atoms with Crippen LogP contribution in [0.15, 0.2) is 87.5 Å². The molecule has 0 aromatic heterocycles. The maximum atomic E-state index is 14.8. The van der Waals surface area contributed by atoms with Crippen LogP contribution in [-0.4, -0.2) is 18.7 Å². The summed E-state index contributed by atoms with van der Waals surface area (Å²) in [6.45, 7) is 5.65. The van der Waals surface area contributed by atoms with Gasteiger partial charge in [-0.1, -0.05) is 24.3 Å². The van der Waals surface area contributed by atoms with Crippen LogP contribution in [0.4, 0.5) is 4.39 Å². The van der Waals surface area contributed by atoms with E-state index in [4.69, 9.17) is 9.47 Å². The number of rotatable bonds is 5. The van der Waals surface area contributed by atoms with Gasteiger partial charge in [0.15, 0.2) is 26.3 Å². The largest absolute Gasteiger partial charge is 0.485 e. The highest BCUT2D eigenvalue weighted by Crippen LogP contribution is 2.34. The smallest absolute Gasteiger partial charge is 0.338 e. The Labute approximate surface area is 173 Å². The van der Waals surface area contributed by atoms with Crippen molar-refractivity contribution in [3.63, 3.8) is 0 Å². The monoisotopic (exact) mass is 411 g/mol. The van der Waals surface area contributed by atoms with Gasteiger partial charge in [0.25, 0.3) is 0 Å². The topological polar surface area (TPSA) is 35.5 Å². The van der Waals surface area contributed by atoms with Crippen LogP contribution in [0.1, 0.15) is 31.1 Å². The molecule has 0 amide bonds. The summed E-state index contributed by atoms with van der Waals surface area (Å²) in [4.78, 5) is 14.7. The summed E-state index contributed by atoms with van der Waals surface area (Å²) in [7, 11) is 0.768. The maximum Gasteiger partial charge on any atom is 0.338 e. The van der Waals surface area contributed by atoms with E-state index in [0.29, 0.717) is 5.56 Å². The highest BCUT2D eigenvalue weighted by molar-refractivity contribution is 7.97. The van der Waals surface area contributed by atoms with E-state index in [1.54, 1.807) is 18.2 Å². The number of hydrogen-bond donors (Lipinski definition) is 0. The Hall–Kier alpha value is -2.79. The number of halogens is 1. The summed E-state index contributed by atoms with van der Waals surface area (Å²) in [5, 5.41) is 0.